The molecule has 1 saturated heterocycles. The highest BCUT2D eigenvalue weighted by molar-refractivity contribution is 7.99. The van der Waals surface area contributed by atoms with Gasteiger partial charge in [-0.2, -0.15) is 0 Å². The van der Waals surface area contributed by atoms with Gasteiger partial charge in [0.15, 0.2) is 5.16 Å². The van der Waals surface area contributed by atoms with Crippen LogP contribution in [0, 0.1) is 22.0 Å². The molecule has 0 spiro atoms. The molecular weight excluding hydrogens is 404 g/mol. The highest BCUT2D eigenvalue weighted by Crippen LogP contribution is 2.34. The zero-order chi connectivity index (χ0) is 21.8. The van der Waals surface area contributed by atoms with Crippen LogP contribution in [0.25, 0.3) is 0 Å². The van der Waals surface area contributed by atoms with Crippen LogP contribution in [0.5, 0.6) is 0 Å². The Morgan fingerprint density at radius 2 is 2.07 bits per heavy atom. The van der Waals surface area contributed by atoms with E-state index in [1.54, 1.807) is 23.7 Å². The molecule has 1 aliphatic heterocycles. The van der Waals surface area contributed by atoms with E-state index in [1.165, 1.54) is 18.8 Å². The maximum absolute atomic E-state index is 12.7. The van der Waals surface area contributed by atoms with Crippen molar-refractivity contribution in [2.24, 2.45) is 18.9 Å². The first-order valence-corrected chi connectivity index (χ1v) is 10.9. The monoisotopic (exact) mass is 432 g/mol. The third-order valence-corrected chi connectivity index (χ3v) is 6.26. The second kappa shape index (κ2) is 9.57. The van der Waals surface area contributed by atoms with Crippen LogP contribution in [-0.4, -0.2) is 56.2 Å². The number of piperidine rings is 1. The summed E-state index contributed by atoms with van der Waals surface area (Å²) in [5.41, 5.74) is 0.151. The molecule has 0 radical (unpaired) electrons. The van der Waals surface area contributed by atoms with E-state index < -0.39 is 4.92 Å². The summed E-state index contributed by atoms with van der Waals surface area (Å²) >= 11 is 1.14. The Kier molecular flexibility index (Phi) is 7.09. The number of carbonyl (C=O) groups excluding carboxylic acids is 1. The summed E-state index contributed by atoms with van der Waals surface area (Å²) in [5.74, 6) is 0.996. The molecule has 0 aliphatic carbocycles. The minimum Gasteiger partial charge on any atom is -0.348 e. The lowest BCUT2D eigenvalue weighted by atomic mass is 9.92. The molecule has 2 heterocycles. The van der Waals surface area contributed by atoms with Gasteiger partial charge in [-0.3, -0.25) is 14.9 Å². The minimum atomic E-state index is -0.477. The average molecular weight is 433 g/mol. The van der Waals surface area contributed by atoms with E-state index in [1.807, 2.05) is 6.92 Å². The first-order chi connectivity index (χ1) is 14.2. The quantitative estimate of drug-likeness (QED) is 0.529. The maximum Gasteiger partial charge on any atom is 0.284 e. The number of likely N-dealkylation sites (tertiary alicyclic amines) is 1. The SMILES string of the molecule is CC1CC(C)CN(CC(C)NC(=O)c2ccc(Sc3nncn3C)c([N+](=O)[O-])c2)C1. The number of aryl methyl sites for hydroxylation is 1. The van der Waals surface area contributed by atoms with Gasteiger partial charge in [-0.25, -0.2) is 0 Å². The standard InChI is InChI=1S/C20H28N6O3S/c1-13-7-14(2)10-25(9-13)11-15(3)22-19(27)16-5-6-18(17(8-16)26(28)29)30-20-23-21-12-24(20)4/h5-6,8,12-15H,7,9-11H2,1-4H3,(H,22,27). The smallest absolute Gasteiger partial charge is 0.284 e. The highest BCUT2D eigenvalue weighted by atomic mass is 32.2. The van der Waals surface area contributed by atoms with Crippen molar-refractivity contribution in [2.75, 3.05) is 19.6 Å². The molecule has 1 fully saturated rings. The molecule has 1 aliphatic rings. The molecule has 2 aromatic rings. The fourth-order valence-corrected chi connectivity index (χ4v) is 4.88. The lowest BCUT2D eigenvalue weighted by Gasteiger charge is -2.36. The lowest BCUT2D eigenvalue weighted by molar-refractivity contribution is -0.387. The Morgan fingerprint density at radius 3 is 2.67 bits per heavy atom. The van der Waals surface area contributed by atoms with Gasteiger partial charge in [-0.15, -0.1) is 10.2 Å². The second-order valence-electron chi connectivity index (χ2n) is 8.31. The topological polar surface area (TPSA) is 106 Å². The highest BCUT2D eigenvalue weighted by Gasteiger charge is 2.24. The Labute approximate surface area is 180 Å². The van der Waals surface area contributed by atoms with E-state index in [2.05, 4.69) is 34.3 Å². The third-order valence-electron chi connectivity index (χ3n) is 5.14. The zero-order valence-corrected chi connectivity index (χ0v) is 18.6. The van der Waals surface area contributed by atoms with Gasteiger partial charge in [0.25, 0.3) is 11.6 Å². The van der Waals surface area contributed by atoms with Crippen molar-refractivity contribution in [3.63, 3.8) is 0 Å². The minimum absolute atomic E-state index is 0.0539. The number of nitro groups is 1. The van der Waals surface area contributed by atoms with Gasteiger partial charge in [0.05, 0.1) is 9.82 Å². The zero-order valence-electron chi connectivity index (χ0n) is 17.7. The predicted octanol–water partition coefficient (Wildman–Crippen LogP) is 2.97. The summed E-state index contributed by atoms with van der Waals surface area (Å²) in [4.78, 5) is 26.6. The number of hydrogen-bond donors (Lipinski definition) is 1. The molecule has 0 saturated carbocycles. The van der Waals surface area contributed by atoms with Gasteiger partial charge in [0.1, 0.15) is 6.33 Å². The van der Waals surface area contributed by atoms with Crippen LogP contribution in [0.15, 0.2) is 34.6 Å². The summed E-state index contributed by atoms with van der Waals surface area (Å²) in [5, 5.41) is 22.8. The molecule has 1 amide bonds. The molecule has 30 heavy (non-hydrogen) atoms. The van der Waals surface area contributed by atoms with Crippen molar-refractivity contribution in [3.8, 4) is 0 Å². The van der Waals surface area contributed by atoms with Gasteiger partial charge in [-0.05, 0) is 49.1 Å². The van der Waals surface area contributed by atoms with Gasteiger partial charge >= 0.3 is 0 Å². The number of nitrogens with zero attached hydrogens (tertiary/aromatic N) is 5. The second-order valence-corrected chi connectivity index (χ2v) is 9.31. The van der Waals surface area contributed by atoms with Crippen LogP contribution >= 0.6 is 11.8 Å². The Morgan fingerprint density at radius 1 is 1.37 bits per heavy atom. The molecule has 1 aromatic heterocycles. The van der Waals surface area contributed by atoms with Gasteiger partial charge in [-0.1, -0.05) is 13.8 Å². The Bertz CT molecular complexity index is 908. The van der Waals surface area contributed by atoms with Gasteiger partial charge < -0.3 is 14.8 Å². The van der Waals surface area contributed by atoms with E-state index in [0.29, 0.717) is 21.9 Å². The number of carbonyl (C=O) groups is 1. The number of hydrogen-bond acceptors (Lipinski definition) is 7. The molecule has 3 unspecified atom stereocenters. The van der Waals surface area contributed by atoms with Crippen molar-refractivity contribution in [1.82, 2.24) is 25.0 Å². The van der Waals surface area contributed by atoms with E-state index in [9.17, 15) is 14.9 Å². The molecule has 1 aromatic carbocycles. The van der Waals surface area contributed by atoms with Crippen LogP contribution in [0.4, 0.5) is 5.69 Å². The van der Waals surface area contributed by atoms with E-state index >= 15 is 0 Å². The number of aromatic nitrogens is 3. The first-order valence-electron chi connectivity index (χ1n) is 10.1. The van der Waals surface area contributed by atoms with Crippen molar-refractivity contribution in [1.29, 1.82) is 0 Å². The van der Waals surface area contributed by atoms with Crippen molar-refractivity contribution in [3.05, 3.63) is 40.2 Å². The number of nitrogens with one attached hydrogen (secondary N) is 1. The van der Waals surface area contributed by atoms with Crippen LogP contribution in [0.3, 0.4) is 0 Å². The van der Waals surface area contributed by atoms with E-state index in [0.717, 1.165) is 31.4 Å². The molecule has 3 atom stereocenters. The molecule has 9 nitrogen and oxygen atoms in total. The van der Waals surface area contributed by atoms with E-state index in [-0.39, 0.29) is 23.2 Å². The summed E-state index contributed by atoms with van der Waals surface area (Å²) in [6.07, 6.45) is 2.76. The number of rotatable bonds is 7. The van der Waals surface area contributed by atoms with Crippen molar-refractivity contribution < 1.29 is 9.72 Å². The molecule has 0 bridgehead atoms. The van der Waals surface area contributed by atoms with Crippen LogP contribution < -0.4 is 5.32 Å². The lowest BCUT2D eigenvalue weighted by Crippen LogP contribution is -2.47. The summed E-state index contributed by atoms with van der Waals surface area (Å²) < 4.78 is 1.68. The summed E-state index contributed by atoms with van der Waals surface area (Å²) in [7, 11) is 1.77. The normalized spacial score (nSPS) is 20.7. The van der Waals surface area contributed by atoms with Crippen molar-refractivity contribution >= 4 is 23.4 Å². The Balaban J connectivity index is 1.67. The molecule has 162 valence electrons. The molecular formula is C20H28N6O3S. The number of amides is 1. The first kappa shape index (κ1) is 22.2. The fraction of sp³-hybridized carbons (Fsp3) is 0.550. The van der Waals surface area contributed by atoms with Crippen molar-refractivity contribution in [2.45, 2.75) is 43.3 Å². The molecule has 1 N–H and O–H groups in total. The Hall–Kier alpha value is -2.46. The molecule has 10 heteroatoms. The third kappa shape index (κ3) is 5.57. The van der Waals surface area contributed by atoms with Crippen LogP contribution in [-0.2, 0) is 7.05 Å². The maximum atomic E-state index is 12.7. The summed E-state index contributed by atoms with van der Waals surface area (Å²) in [6, 6.07) is 4.47. The fourth-order valence-electron chi connectivity index (χ4n) is 4.03. The molecule has 3 rings (SSSR count). The number of benzene rings is 1. The van der Waals surface area contributed by atoms with E-state index in [4.69, 9.17) is 0 Å². The average Bonchev–Trinajstić information content (AvgIpc) is 3.05. The van der Waals surface area contributed by atoms with Crippen LogP contribution in [0.2, 0.25) is 0 Å². The largest absolute Gasteiger partial charge is 0.348 e. The number of nitro benzene ring substituents is 1. The van der Waals surface area contributed by atoms with Gasteiger partial charge in [0, 0.05) is 44.4 Å². The predicted molar refractivity (Wildman–Crippen MR) is 115 cm³/mol. The van der Waals surface area contributed by atoms with Gasteiger partial charge in [0.2, 0.25) is 0 Å². The summed E-state index contributed by atoms with van der Waals surface area (Å²) in [6.45, 7) is 9.31. The van der Waals surface area contributed by atoms with Crippen LogP contribution in [0.1, 0.15) is 37.6 Å².